The van der Waals surface area contributed by atoms with Crippen molar-refractivity contribution in [3.05, 3.63) is 16.6 Å². The van der Waals surface area contributed by atoms with Crippen LogP contribution in [0.4, 0.5) is 0 Å². The van der Waals surface area contributed by atoms with Gasteiger partial charge in [-0.05, 0) is 20.3 Å². The van der Waals surface area contributed by atoms with E-state index >= 15 is 0 Å². The second-order valence-corrected chi connectivity index (χ2v) is 4.56. The minimum atomic E-state index is 0.383. The van der Waals surface area contributed by atoms with Gasteiger partial charge in [-0.15, -0.1) is 11.3 Å². The third-order valence-electron chi connectivity index (χ3n) is 2.42. The number of aromatic nitrogens is 1. The molecule has 1 aromatic rings. The highest BCUT2D eigenvalue weighted by atomic mass is 32.1. The van der Waals surface area contributed by atoms with E-state index in [0.29, 0.717) is 12.1 Å². The zero-order chi connectivity index (χ0) is 10.4. The maximum atomic E-state index is 4.31. The summed E-state index contributed by atoms with van der Waals surface area (Å²) in [6, 6.07) is 0.972. The predicted molar refractivity (Wildman–Crippen MR) is 62.7 cm³/mol. The molecule has 0 fully saturated rings. The number of unbranched alkanes of at least 4 members (excludes halogenated alkanes) is 1. The van der Waals surface area contributed by atoms with Crippen LogP contribution in [-0.4, -0.2) is 11.0 Å². The van der Waals surface area contributed by atoms with Gasteiger partial charge in [0.05, 0.1) is 11.2 Å². The second-order valence-electron chi connectivity index (χ2n) is 3.84. The van der Waals surface area contributed by atoms with E-state index in [1.807, 2.05) is 5.51 Å². The second kappa shape index (κ2) is 6.14. The van der Waals surface area contributed by atoms with Crippen molar-refractivity contribution in [2.45, 2.75) is 52.1 Å². The van der Waals surface area contributed by atoms with E-state index < -0.39 is 0 Å². The Morgan fingerprint density at radius 1 is 1.50 bits per heavy atom. The quantitative estimate of drug-likeness (QED) is 0.782. The molecule has 0 aliphatic rings. The Balaban J connectivity index is 2.29. The molecule has 1 heterocycles. The molecular formula is C11H20N2S. The van der Waals surface area contributed by atoms with Crippen LogP contribution >= 0.6 is 11.3 Å². The van der Waals surface area contributed by atoms with Crippen LogP contribution in [0.25, 0.3) is 0 Å². The Morgan fingerprint density at radius 3 is 2.86 bits per heavy atom. The van der Waals surface area contributed by atoms with Crippen molar-refractivity contribution in [3.63, 3.8) is 0 Å². The average Bonchev–Trinajstić information content (AvgIpc) is 2.67. The maximum Gasteiger partial charge on any atom is 0.0795 e. The van der Waals surface area contributed by atoms with Crippen molar-refractivity contribution in [1.29, 1.82) is 0 Å². The third kappa shape index (κ3) is 3.76. The molecule has 0 bridgehead atoms. The van der Waals surface area contributed by atoms with Crippen molar-refractivity contribution in [3.8, 4) is 0 Å². The van der Waals surface area contributed by atoms with Gasteiger partial charge in [-0.25, -0.2) is 4.98 Å². The van der Waals surface area contributed by atoms with Crippen molar-refractivity contribution in [2.75, 3.05) is 0 Å². The Kier molecular flexibility index (Phi) is 5.12. The first kappa shape index (κ1) is 11.7. The fourth-order valence-corrected chi connectivity index (χ4v) is 2.19. The minimum Gasteiger partial charge on any atom is -0.306 e. The molecule has 14 heavy (non-hydrogen) atoms. The Morgan fingerprint density at radius 2 is 2.29 bits per heavy atom. The average molecular weight is 212 g/mol. The van der Waals surface area contributed by atoms with Gasteiger partial charge < -0.3 is 5.32 Å². The number of thiazole rings is 1. The van der Waals surface area contributed by atoms with E-state index in [0.717, 1.165) is 0 Å². The monoisotopic (exact) mass is 212 g/mol. The van der Waals surface area contributed by atoms with Gasteiger partial charge in [0, 0.05) is 17.5 Å². The summed E-state index contributed by atoms with van der Waals surface area (Å²) >= 11 is 1.66. The summed E-state index contributed by atoms with van der Waals surface area (Å²) in [6.07, 6.45) is 3.83. The fraction of sp³-hybridized carbons (Fsp3) is 0.727. The third-order valence-corrected chi connectivity index (χ3v) is 3.02. The van der Waals surface area contributed by atoms with Crippen LogP contribution < -0.4 is 5.32 Å². The van der Waals surface area contributed by atoms with Gasteiger partial charge in [0.2, 0.25) is 0 Å². The van der Waals surface area contributed by atoms with Crippen molar-refractivity contribution < 1.29 is 0 Å². The van der Waals surface area contributed by atoms with Gasteiger partial charge >= 0.3 is 0 Å². The molecule has 1 rings (SSSR count). The van der Waals surface area contributed by atoms with Gasteiger partial charge in [-0.2, -0.15) is 0 Å². The standard InChI is InChI=1S/C11H20N2S/c1-4-5-6-9(2)13-10(3)11-7-14-8-12-11/h7-10,13H,4-6H2,1-3H3. The van der Waals surface area contributed by atoms with Crippen LogP contribution in [0.15, 0.2) is 10.9 Å². The van der Waals surface area contributed by atoms with Crippen molar-refractivity contribution in [1.82, 2.24) is 10.3 Å². The van der Waals surface area contributed by atoms with E-state index in [-0.39, 0.29) is 0 Å². The Hall–Kier alpha value is -0.410. The molecular weight excluding hydrogens is 192 g/mol. The summed E-state index contributed by atoms with van der Waals surface area (Å²) < 4.78 is 0. The highest BCUT2D eigenvalue weighted by Gasteiger charge is 2.09. The minimum absolute atomic E-state index is 0.383. The van der Waals surface area contributed by atoms with Gasteiger partial charge in [0.25, 0.3) is 0 Å². The molecule has 80 valence electrons. The molecule has 2 unspecified atom stereocenters. The van der Waals surface area contributed by atoms with E-state index in [4.69, 9.17) is 0 Å². The lowest BCUT2D eigenvalue weighted by Gasteiger charge is -2.18. The normalized spacial score (nSPS) is 15.4. The number of hydrogen-bond acceptors (Lipinski definition) is 3. The molecule has 0 saturated heterocycles. The van der Waals surface area contributed by atoms with Gasteiger partial charge in [0.15, 0.2) is 0 Å². The summed E-state index contributed by atoms with van der Waals surface area (Å²) in [5.74, 6) is 0. The van der Waals surface area contributed by atoms with Gasteiger partial charge in [-0.3, -0.25) is 0 Å². The van der Waals surface area contributed by atoms with Crippen LogP contribution in [0.3, 0.4) is 0 Å². The molecule has 1 N–H and O–H groups in total. The maximum absolute atomic E-state index is 4.31. The van der Waals surface area contributed by atoms with E-state index in [1.54, 1.807) is 11.3 Å². The fourth-order valence-electron chi connectivity index (χ4n) is 1.54. The smallest absolute Gasteiger partial charge is 0.0795 e. The lowest BCUT2D eigenvalue weighted by Crippen LogP contribution is -2.28. The van der Waals surface area contributed by atoms with Crippen LogP contribution in [0.1, 0.15) is 51.8 Å². The number of nitrogens with zero attached hydrogens (tertiary/aromatic N) is 1. The first-order valence-corrected chi connectivity index (χ1v) is 6.32. The predicted octanol–water partition coefficient (Wildman–Crippen LogP) is 3.37. The molecule has 1 aromatic heterocycles. The number of rotatable bonds is 6. The summed E-state index contributed by atoms with van der Waals surface area (Å²) in [4.78, 5) is 4.31. The van der Waals surface area contributed by atoms with Gasteiger partial charge in [-0.1, -0.05) is 19.8 Å². The molecule has 0 spiro atoms. The van der Waals surface area contributed by atoms with Crippen molar-refractivity contribution >= 4 is 11.3 Å². The molecule has 2 nitrogen and oxygen atoms in total. The topological polar surface area (TPSA) is 24.9 Å². The summed E-state index contributed by atoms with van der Waals surface area (Å²) in [7, 11) is 0. The Bertz CT molecular complexity index is 233. The molecule has 0 amide bonds. The molecule has 0 radical (unpaired) electrons. The van der Waals surface area contributed by atoms with Crippen molar-refractivity contribution in [2.24, 2.45) is 0 Å². The first-order chi connectivity index (χ1) is 6.74. The largest absolute Gasteiger partial charge is 0.306 e. The SMILES string of the molecule is CCCCC(C)NC(C)c1cscn1. The zero-order valence-electron chi connectivity index (χ0n) is 9.29. The van der Waals surface area contributed by atoms with Crippen LogP contribution in [0.5, 0.6) is 0 Å². The van der Waals surface area contributed by atoms with Gasteiger partial charge in [0.1, 0.15) is 0 Å². The van der Waals surface area contributed by atoms with E-state index in [2.05, 4.69) is 36.5 Å². The highest BCUT2D eigenvalue weighted by molar-refractivity contribution is 7.07. The highest BCUT2D eigenvalue weighted by Crippen LogP contribution is 2.13. The van der Waals surface area contributed by atoms with Crippen LogP contribution in [0, 0.1) is 0 Å². The zero-order valence-corrected chi connectivity index (χ0v) is 10.1. The summed E-state index contributed by atoms with van der Waals surface area (Å²) in [5.41, 5.74) is 3.06. The number of hydrogen-bond donors (Lipinski definition) is 1. The molecule has 0 aliphatic carbocycles. The molecule has 2 atom stereocenters. The van der Waals surface area contributed by atoms with E-state index in [1.165, 1.54) is 25.0 Å². The Labute approximate surface area is 90.8 Å². The lowest BCUT2D eigenvalue weighted by atomic mass is 10.1. The molecule has 0 aliphatic heterocycles. The summed E-state index contributed by atoms with van der Waals surface area (Å²) in [5, 5.41) is 5.68. The molecule has 3 heteroatoms. The van der Waals surface area contributed by atoms with Crippen LogP contribution in [-0.2, 0) is 0 Å². The summed E-state index contributed by atoms with van der Waals surface area (Å²) in [6.45, 7) is 6.66. The lowest BCUT2D eigenvalue weighted by molar-refractivity contribution is 0.440. The van der Waals surface area contributed by atoms with E-state index in [9.17, 15) is 0 Å². The number of nitrogens with one attached hydrogen (secondary N) is 1. The molecule has 0 aromatic carbocycles. The molecule has 0 saturated carbocycles. The first-order valence-electron chi connectivity index (χ1n) is 5.38. The van der Waals surface area contributed by atoms with Crippen LogP contribution in [0.2, 0.25) is 0 Å².